The van der Waals surface area contributed by atoms with Crippen LogP contribution in [0.25, 0.3) is 16.6 Å². The Morgan fingerprint density at radius 3 is 2.47 bits per heavy atom. The molecule has 4 heterocycles. The number of hydrogen-bond donors (Lipinski definition) is 1. The Kier molecular flexibility index (Phi) is 5.00. The van der Waals surface area contributed by atoms with Crippen LogP contribution in [0.2, 0.25) is 0 Å². The van der Waals surface area contributed by atoms with Crippen LogP contribution >= 0.6 is 0 Å². The Morgan fingerprint density at radius 2 is 1.74 bits per heavy atom. The minimum atomic E-state index is -0.554. The third-order valence-electron chi connectivity index (χ3n) is 8.18. The van der Waals surface area contributed by atoms with Gasteiger partial charge in [-0.25, -0.2) is 0 Å². The molecule has 4 aromatic rings. The van der Waals surface area contributed by atoms with E-state index in [0.29, 0.717) is 28.9 Å². The second-order valence-corrected chi connectivity index (χ2v) is 10.0. The number of hydrogen-bond acceptors (Lipinski definition) is 8. The molecule has 2 aromatic heterocycles. The van der Waals surface area contributed by atoms with Crippen LogP contribution in [0.3, 0.4) is 0 Å². The quantitative estimate of drug-likeness (QED) is 0.458. The molecule has 2 aromatic carbocycles. The molecule has 2 fully saturated rings. The number of likely N-dealkylation sites (tertiary alicyclic amines) is 1. The highest BCUT2D eigenvalue weighted by atomic mass is 16.3. The highest BCUT2D eigenvalue weighted by Crippen LogP contribution is 2.42. The summed E-state index contributed by atoms with van der Waals surface area (Å²) >= 11 is 0. The van der Waals surface area contributed by atoms with Crippen LogP contribution in [0.5, 0.6) is 0 Å². The number of aromatic nitrogens is 4. The van der Waals surface area contributed by atoms with Gasteiger partial charge in [-0.3, -0.25) is 9.59 Å². The second kappa shape index (κ2) is 7.95. The molecular weight excluding hydrogens is 432 g/mol. The molecule has 9 heteroatoms. The van der Waals surface area contributed by atoms with Crippen molar-refractivity contribution in [3.05, 3.63) is 61.9 Å². The lowest BCUT2D eigenvalue weighted by Gasteiger charge is -2.47. The highest BCUT2D eigenvalue weighted by molar-refractivity contribution is 5.82. The Balaban J connectivity index is 1.07. The summed E-state index contributed by atoms with van der Waals surface area (Å²) in [5, 5.41) is 23.7. The zero-order valence-electron chi connectivity index (χ0n) is 19.3. The van der Waals surface area contributed by atoms with Gasteiger partial charge in [0.2, 0.25) is 10.9 Å². The summed E-state index contributed by atoms with van der Waals surface area (Å²) in [6.45, 7) is 6.00. The maximum atomic E-state index is 11.9. The zero-order chi connectivity index (χ0) is 23.4. The van der Waals surface area contributed by atoms with E-state index >= 15 is 0 Å². The number of aliphatic hydroxyl groups excluding tert-OH is 1. The number of rotatable bonds is 4. The predicted molar refractivity (Wildman–Crippen MR) is 129 cm³/mol. The van der Waals surface area contributed by atoms with Crippen LogP contribution < -0.4 is 15.8 Å². The van der Waals surface area contributed by atoms with E-state index in [1.165, 1.54) is 0 Å². The van der Waals surface area contributed by atoms with Gasteiger partial charge in [0, 0.05) is 30.6 Å². The molecule has 2 saturated heterocycles. The van der Waals surface area contributed by atoms with Gasteiger partial charge in [0.05, 0.1) is 17.3 Å². The van der Waals surface area contributed by atoms with Crippen LogP contribution in [0.4, 0.5) is 5.69 Å². The molecule has 1 spiro atoms. The molecule has 0 saturated carbocycles. The normalized spacial score (nSPS) is 20.0. The second-order valence-electron chi connectivity index (χ2n) is 10.0. The van der Waals surface area contributed by atoms with E-state index in [4.69, 9.17) is 0 Å². The molecule has 0 aliphatic carbocycles. The Labute approximate surface area is 196 Å². The van der Waals surface area contributed by atoms with Gasteiger partial charge < -0.3 is 14.9 Å². The standard InChI is InChI=1S/C25H28N6O3/c1-16-22(24(34)23(16)33)30-12-8-25(9-13-30)6-10-29(11-7-25)15-20(32)18-2-4-19-17(14-18)3-5-21-26-27-28-31(19)21/h2-5,14,20,32H,6-13,15H2,1H3. The van der Waals surface area contributed by atoms with Crippen molar-refractivity contribution in [3.63, 3.8) is 0 Å². The van der Waals surface area contributed by atoms with E-state index in [9.17, 15) is 14.7 Å². The molecule has 9 nitrogen and oxygen atoms in total. The molecule has 34 heavy (non-hydrogen) atoms. The van der Waals surface area contributed by atoms with Gasteiger partial charge in [0.15, 0.2) is 5.65 Å². The van der Waals surface area contributed by atoms with E-state index in [2.05, 4.69) is 25.3 Å². The molecule has 0 bridgehead atoms. The first-order valence-corrected chi connectivity index (χ1v) is 12.0. The first kappa shape index (κ1) is 21.4. The van der Waals surface area contributed by atoms with Gasteiger partial charge in [-0.05, 0) is 91.4 Å². The Morgan fingerprint density at radius 1 is 1.00 bits per heavy atom. The number of fused-ring (bicyclic) bond motifs is 3. The number of nitrogens with zero attached hydrogens (tertiary/aromatic N) is 6. The molecule has 2 aliphatic heterocycles. The van der Waals surface area contributed by atoms with Crippen LogP contribution in [-0.4, -0.2) is 62.8 Å². The number of aliphatic hydroxyl groups is 1. The number of anilines is 1. The molecule has 1 unspecified atom stereocenters. The first-order valence-electron chi connectivity index (χ1n) is 12.0. The van der Waals surface area contributed by atoms with Crippen molar-refractivity contribution >= 4 is 22.2 Å². The molecule has 1 atom stereocenters. The van der Waals surface area contributed by atoms with Crippen LogP contribution in [0, 0.1) is 12.3 Å². The molecule has 2 aliphatic rings. The van der Waals surface area contributed by atoms with Gasteiger partial charge in [-0.2, -0.15) is 4.52 Å². The van der Waals surface area contributed by atoms with Crippen molar-refractivity contribution in [3.8, 4) is 0 Å². The smallest absolute Gasteiger partial charge is 0.249 e. The minimum absolute atomic E-state index is 0.309. The van der Waals surface area contributed by atoms with Crippen molar-refractivity contribution in [2.45, 2.75) is 38.7 Å². The van der Waals surface area contributed by atoms with Gasteiger partial charge >= 0.3 is 0 Å². The maximum absolute atomic E-state index is 11.9. The number of β-amino-alcohol motifs (C(OH)–C–C–N with tert-alkyl or cyclic N) is 1. The summed E-state index contributed by atoms with van der Waals surface area (Å²) in [4.78, 5) is 28.0. The van der Waals surface area contributed by atoms with Gasteiger partial charge in [0.1, 0.15) is 0 Å². The summed E-state index contributed by atoms with van der Waals surface area (Å²) in [5.74, 6) is 0. The lowest BCUT2D eigenvalue weighted by atomic mass is 9.71. The van der Waals surface area contributed by atoms with E-state index in [0.717, 1.165) is 68.3 Å². The van der Waals surface area contributed by atoms with Crippen molar-refractivity contribution < 1.29 is 5.11 Å². The maximum Gasteiger partial charge on any atom is 0.249 e. The lowest BCUT2D eigenvalue weighted by Crippen LogP contribution is -2.50. The van der Waals surface area contributed by atoms with Gasteiger partial charge in [-0.1, -0.05) is 6.07 Å². The summed E-state index contributed by atoms with van der Waals surface area (Å²) in [7, 11) is 0. The molecule has 1 N–H and O–H groups in total. The van der Waals surface area contributed by atoms with Gasteiger partial charge in [0.25, 0.3) is 0 Å². The van der Waals surface area contributed by atoms with Crippen molar-refractivity contribution in [1.29, 1.82) is 0 Å². The third-order valence-corrected chi connectivity index (χ3v) is 8.18. The Bertz CT molecular complexity index is 1430. The van der Waals surface area contributed by atoms with E-state index in [-0.39, 0.29) is 10.9 Å². The van der Waals surface area contributed by atoms with Crippen LogP contribution in [-0.2, 0) is 0 Å². The minimum Gasteiger partial charge on any atom is -0.387 e. The fourth-order valence-electron chi connectivity index (χ4n) is 5.88. The Hall–Kier alpha value is -3.17. The monoisotopic (exact) mass is 460 g/mol. The average Bonchev–Trinajstić information content (AvgIpc) is 3.36. The zero-order valence-corrected chi connectivity index (χ0v) is 19.3. The van der Waals surface area contributed by atoms with E-state index in [1.54, 1.807) is 11.4 Å². The molecule has 6 rings (SSSR count). The summed E-state index contributed by atoms with van der Waals surface area (Å²) < 4.78 is 1.71. The number of piperidine rings is 2. The van der Waals surface area contributed by atoms with Crippen molar-refractivity contribution in [2.75, 3.05) is 37.6 Å². The fourth-order valence-corrected chi connectivity index (χ4v) is 5.88. The fraction of sp³-hybridized carbons (Fsp3) is 0.480. The molecule has 0 radical (unpaired) electrons. The van der Waals surface area contributed by atoms with Crippen molar-refractivity contribution in [1.82, 2.24) is 24.9 Å². The van der Waals surface area contributed by atoms with Crippen LogP contribution in [0.1, 0.15) is 42.9 Å². The first-order chi connectivity index (χ1) is 16.4. The topological polar surface area (TPSA) is 104 Å². The summed E-state index contributed by atoms with van der Waals surface area (Å²) in [5.41, 5.74) is 3.47. The largest absolute Gasteiger partial charge is 0.387 e. The number of tetrazole rings is 1. The molecular formula is C25H28N6O3. The van der Waals surface area contributed by atoms with E-state index < -0.39 is 6.10 Å². The van der Waals surface area contributed by atoms with Gasteiger partial charge in [-0.15, -0.1) is 5.10 Å². The number of benzene rings is 1. The van der Waals surface area contributed by atoms with Crippen molar-refractivity contribution in [2.24, 2.45) is 5.41 Å². The number of pyridine rings is 1. The lowest BCUT2D eigenvalue weighted by molar-refractivity contribution is 0.0450. The molecule has 176 valence electrons. The third kappa shape index (κ3) is 3.42. The molecule has 0 amide bonds. The van der Waals surface area contributed by atoms with E-state index in [1.807, 2.05) is 30.3 Å². The summed E-state index contributed by atoms with van der Waals surface area (Å²) in [6.07, 6.45) is 3.76. The SMILES string of the molecule is Cc1c(N2CCC3(CCN(CC(O)c4ccc5c(ccc6nnnn65)c4)CC3)CC2)c(=O)c1=O. The van der Waals surface area contributed by atoms with Crippen LogP contribution in [0.15, 0.2) is 39.9 Å². The predicted octanol–water partition coefficient (Wildman–Crippen LogP) is 1.60. The highest BCUT2D eigenvalue weighted by Gasteiger charge is 2.39. The summed E-state index contributed by atoms with van der Waals surface area (Å²) in [6, 6.07) is 9.81. The average molecular weight is 461 g/mol.